The number of benzene rings is 2. The molecule has 0 spiro atoms. The third kappa shape index (κ3) is 6.43. The van der Waals surface area contributed by atoms with Gasteiger partial charge in [0.25, 0.3) is 5.91 Å². The molecule has 2 aromatic carbocycles. The molecular formula is C30H42FN3O3. The lowest BCUT2D eigenvalue weighted by atomic mass is 9.84. The van der Waals surface area contributed by atoms with Crippen LogP contribution in [0.2, 0.25) is 0 Å². The monoisotopic (exact) mass is 511 g/mol. The van der Waals surface area contributed by atoms with E-state index in [4.69, 9.17) is 4.74 Å². The zero-order valence-corrected chi connectivity index (χ0v) is 22.8. The second kappa shape index (κ2) is 11.1. The van der Waals surface area contributed by atoms with Crippen molar-refractivity contribution >= 4 is 23.4 Å². The Labute approximate surface area is 221 Å². The standard InChI is InChI=1S/C30H40FN3O3.H2/c1-30(2,3)37-29(36)33(5)25-17-18-34(20-25)27-16-15-24(19-26(27)31)32(4)28(35)23-13-11-22(12-14-23)21-9-7-6-8-10-21;/h11-16,19,21,25H,6-10,17-18,20H2,1-5H3;1H. The zero-order chi connectivity index (χ0) is 26.7. The fourth-order valence-corrected chi connectivity index (χ4v) is 5.37. The van der Waals surface area contributed by atoms with Crippen LogP contribution in [0.3, 0.4) is 0 Å². The highest BCUT2D eigenvalue weighted by Crippen LogP contribution is 2.33. The summed E-state index contributed by atoms with van der Waals surface area (Å²) in [6, 6.07) is 12.8. The first-order valence-corrected chi connectivity index (χ1v) is 13.4. The smallest absolute Gasteiger partial charge is 0.410 e. The molecule has 4 rings (SSSR count). The molecule has 2 amide bonds. The van der Waals surface area contributed by atoms with Gasteiger partial charge in [-0.2, -0.15) is 0 Å². The van der Waals surface area contributed by atoms with E-state index >= 15 is 4.39 Å². The van der Waals surface area contributed by atoms with Crippen molar-refractivity contribution in [1.82, 2.24) is 4.90 Å². The van der Waals surface area contributed by atoms with Crippen molar-refractivity contribution in [2.75, 3.05) is 37.0 Å². The van der Waals surface area contributed by atoms with Crippen LogP contribution in [-0.2, 0) is 4.74 Å². The number of carbonyl (C=O) groups excluding carboxylic acids is 2. The Balaban J connectivity index is 0.00000400. The molecule has 6 nitrogen and oxygen atoms in total. The Morgan fingerprint density at radius 1 is 1.00 bits per heavy atom. The van der Waals surface area contributed by atoms with Crippen LogP contribution in [0.5, 0.6) is 0 Å². The predicted molar refractivity (Wildman–Crippen MR) is 148 cm³/mol. The lowest BCUT2D eigenvalue weighted by Crippen LogP contribution is -2.42. The number of likely N-dealkylation sites (N-methyl/N-ethyl adjacent to an activating group) is 1. The molecule has 1 saturated heterocycles. The van der Waals surface area contributed by atoms with Crippen molar-refractivity contribution < 1.29 is 20.1 Å². The summed E-state index contributed by atoms with van der Waals surface area (Å²) >= 11 is 0. The van der Waals surface area contributed by atoms with Crippen molar-refractivity contribution in [2.45, 2.75) is 76.9 Å². The highest BCUT2D eigenvalue weighted by Gasteiger charge is 2.32. The first kappa shape index (κ1) is 27.0. The number of ether oxygens (including phenoxy) is 1. The van der Waals surface area contributed by atoms with E-state index in [0.29, 0.717) is 35.9 Å². The van der Waals surface area contributed by atoms with Gasteiger partial charge in [0.15, 0.2) is 0 Å². The molecule has 0 radical (unpaired) electrons. The maximum absolute atomic E-state index is 15.2. The fraction of sp³-hybridized carbons (Fsp3) is 0.533. The summed E-state index contributed by atoms with van der Waals surface area (Å²) in [7, 11) is 3.40. The molecule has 1 aliphatic heterocycles. The number of carbonyl (C=O) groups is 2. The normalized spacial score (nSPS) is 18.5. The van der Waals surface area contributed by atoms with Crippen molar-refractivity contribution in [2.24, 2.45) is 0 Å². The quantitative estimate of drug-likeness (QED) is 0.441. The molecule has 2 aliphatic rings. The Bertz CT molecular complexity index is 1110. The van der Waals surface area contributed by atoms with Crippen LogP contribution in [0.4, 0.5) is 20.6 Å². The summed E-state index contributed by atoms with van der Waals surface area (Å²) in [5.74, 6) is 0.0410. The van der Waals surface area contributed by atoms with E-state index in [1.807, 2.05) is 37.8 Å². The largest absolute Gasteiger partial charge is 0.444 e. The van der Waals surface area contributed by atoms with Crippen LogP contribution >= 0.6 is 0 Å². The molecule has 1 saturated carbocycles. The number of nitrogens with zero attached hydrogens (tertiary/aromatic N) is 3. The van der Waals surface area contributed by atoms with Gasteiger partial charge in [0.1, 0.15) is 11.4 Å². The van der Waals surface area contributed by atoms with Gasteiger partial charge in [-0.1, -0.05) is 31.4 Å². The van der Waals surface area contributed by atoms with Crippen molar-refractivity contribution in [3.05, 3.63) is 59.4 Å². The van der Waals surface area contributed by atoms with Crippen LogP contribution in [0.1, 0.15) is 82.6 Å². The molecule has 0 aromatic heterocycles. The van der Waals surface area contributed by atoms with E-state index in [1.54, 1.807) is 31.1 Å². The average Bonchev–Trinajstić information content (AvgIpc) is 3.37. The van der Waals surface area contributed by atoms with E-state index in [-0.39, 0.29) is 25.3 Å². The van der Waals surface area contributed by atoms with Gasteiger partial charge in [-0.25, -0.2) is 9.18 Å². The molecule has 0 N–H and O–H groups in total. The Morgan fingerprint density at radius 2 is 1.68 bits per heavy atom. The van der Waals surface area contributed by atoms with Gasteiger partial charge in [-0.3, -0.25) is 4.79 Å². The first-order chi connectivity index (χ1) is 17.5. The SMILES string of the molecule is CN(C(=O)c1ccc(C2CCCCC2)cc1)c1ccc(N2CCC(N(C)C(=O)OC(C)(C)C)C2)c(F)c1.[HH]. The predicted octanol–water partition coefficient (Wildman–Crippen LogP) is 6.84. The van der Waals surface area contributed by atoms with Crippen molar-refractivity contribution in [3.8, 4) is 0 Å². The molecule has 7 heteroatoms. The third-order valence-electron chi connectivity index (χ3n) is 7.59. The summed E-state index contributed by atoms with van der Waals surface area (Å²) in [6.45, 7) is 6.67. The molecule has 1 aliphatic carbocycles. The lowest BCUT2D eigenvalue weighted by molar-refractivity contribution is 0.0237. The van der Waals surface area contributed by atoms with E-state index < -0.39 is 5.60 Å². The molecular weight excluding hydrogens is 469 g/mol. The van der Waals surface area contributed by atoms with E-state index in [2.05, 4.69) is 12.1 Å². The summed E-state index contributed by atoms with van der Waals surface area (Å²) in [4.78, 5) is 30.6. The van der Waals surface area contributed by atoms with E-state index in [0.717, 1.165) is 6.42 Å². The summed E-state index contributed by atoms with van der Waals surface area (Å²) < 4.78 is 20.7. The minimum atomic E-state index is -0.563. The number of rotatable bonds is 5. The second-order valence-corrected chi connectivity index (χ2v) is 11.4. The fourth-order valence-electron chi connectivity index (χ4n) is 5.37. The summed E-state index contributed by atoms with van der Waals surface area (Å²) in [6.07, 6.45) is 6.65. The summed E-state index contributed by atoms with van der Waals surface area (Å²) in [5, 5.41) is 0. The maximum atomic E-state index is 15.2. The number of amides is 2. The number of anilines is 2. The van der Waals surface area contributed by atoms with Gasteiger partial charge < -0.3 is 19.4 Å². The molecule has 1 atom stereocenters. The number of hydrogen-bond donors (Lipinski definition) is 0. The van der Waals surface area contributed by atoms with Crippen LogP contribution in [0, 0.1) is 5.82 Å². The van der Waals surface area contributed by atoms with Crippen LogP contribution in [0.15, 0.2) is 42.5 Å². The van der Waals surface area contributed by atoms with Gasteiger partial charge in [0.05, 0.1) is 11.7 Å². The van der Waals surface area contributed by atoms with Gasteiger partial charge in [-0.15, -0.1) is 0 Å². The Morgan fingerprint density at radius 3 is 2.30 bits per heavy atom. The minimum Gasteiger partial charge on any atom is -0.444 e. The number of hydrogen-bond acceptors (Lipinski definition) is 4. The lowest BCUT2D eigenvalue weighted by Gasteiger charge is -2.29. The molecule has 2 aromatic rings. The average molecular weight is 512 g/mol. The molecule has 2 fully saturated rings. The van der Waals surface area contributed by atoms with Crippen molar-refractivity contribution in [1.29, 1.82) is 0 Å². The first-order valence-electron chi connectivity index (χ1n) is 13.4. The molecule has 202 valence electrons. The highest BCUT2D eigenvalue weighted by molar-refractivity contribution is 6.05. The minimum absolute atomic E-state index is 0. The second-order valence-electron chi connectivity index (χ2n) is 11.4. The van der Waals surface area contributed by atoms with Gasteiger partial charge in [0.2, 0.25) is 0 Å². The van der Waals surface area contributed by atoms with Gasteiger partial charge in [-0.05, 0) is 81.8 Å². The van der Waals surface area contributed by atoms with Crippen molar-refractivity contribution in [3.63, 3.8) is 0 Å². The van der Waals surface area contributed by atoms with E-state index in [1.165, 1.54) is 48.6 Å². The molecule has 0 bridgehead atoms. The third-order valence-corrected chi connectivity index (χ3v) is 7.59. The van der Waals surface area contributed by atoms with Crippen LogP contribution in [0.25, 0.3) is 0 Å². The summed E-state index contributed by atoms with van der Waals surface area (Å²) in [5.41, 5.74) is 2.31. The number of halogens is 1. The van der Waals surface area contributed by atoms with Gasteiger partial charge >= 0.3 is 6.09 Å². The zero-order valence-electron chi connectivity index (χ0n) is 22.8. The van der Waals surface area contributed by atoms with Crippen LogP contribution < -0.4 is 9.80 Å². The van der Waals surface area contributed by atoms with Gasteiger partial charge in [0, 0.05) is 39.9 Å². The molecule has 1 heterocycles. The Kier molecular flexibility index (Phi) is 8.10. The van der Waals surface area contributed by atoms with E-state index in [9.17, 15) is 9.59 Å². The molecule has 1 unspecified atom stereocenters. The Hall–Kier alpha value is -3.09. The van der Waals surface area contributed by atoms with Crippen LogP contribution in [-0.4, -0.2) is 55.7 Å². The molecule has 37 heavy (non-hydrogen) atoms. The topological polar surface area (TPSA) is 53.1 Å². The highest BCUT2D eigenvalue weighted by atomic mass is 19.1. The maximum Gasteiger partial charge on any atom is 0.410 e.